The fraction of sp³-hybridized carbons (Fsp3) is 0.264. The third-order valence-electron chi connectivity index (χ3n) is 21.1. The lowest BCUT2D eigenvalue weighted by atomic mass is 9.77. The fourth-order valence-electron chi connectivity index (χ4n) is 16.7. The molecule has 4 heteroatoms. The van der Waals surface area contributed by atoms with E-state index in [4.69, 9.17) is 15.4 Å². The van der Waals surface area contributed by atoms with E-state index in [-0.39, 0.29) is 0 Å². The van der Waals surface area contributed by atoms with Gasteiger partial charge in [0.15, 0.2) is 11.2 Å². The first-order chi connectivity index (χ1) is 44.4. The average molecular weight is 1190 g/mol. The molecule has 15 rings (SSSR count). The van der Waals surface area contributed by atoms with Crippen LogP contribution < -0.4 is 9.80 Å². The lowest BCUT2D eigenvalue weighted by Crippen LogP contribution is -2.17. The summed E-state index contributed by atoms with van der Waals surface area (Å²) >= 11 is 0. The molecule has 4 nitrogen and oxygen atoms in total. The molecule has 0 spiro atoms. The van der Waals surface area contributed by atoms with Crippen LogP contribution >= 0.6 is 0 Å². The van der Waals surface area contributed by atoms with E-state index in [0.29, 0.717) is 23.7 Å². The second-order valence-corrected chi connectivity index (χ2v) is 27.3. The predicted molar refractivity (Wildman–Crippen MR) is 390 cm³/mol. The minimum Gasteiger partial charge on any atom is -0.453 e. The molecule has 2 saturated carbocycles. The largest absolute Gasteiger partial charge is 0.453 e. The van der Waals surface area contributed by atoms with Crippen molar-refractivity contribution < 1.29 is 8.83 Å². The molecule has 91 heavy (non-hydrogen) atoms. The minimum absolute atomic E-state index is 0.344. The topological polar surface area (TPSA) is 32.8 Å². The maximum Gasteiger partial charge on any atom is 0.159 e. The van der Waals surface area contributed by atoms with Crippen LogP contribution in [0.25, 0.3) is 93.8 Å². The van der Waals surface area contributed by atoms with Crippen molar-refractivity contribution in [3.8, 4) is 22.3 Å². The number of aryl methyl sites for hydroxylation is 5. The molecule has 2 aromatic heterocycles. The maximum atomic E-state index is 7.55. The van der Waals surface area contributed by atoms with Crippen LogP contribution in [0.3, 0.4) is 0 Å². The maximum absolute atomic E-state index is 7.55. The molecule has 0 aliphatic heterocycles. The SMILES string of the molecule is C=Cc1c(N(c2c(C)cccc2C)c2cccc3c2oc2c(-c4ccccc4C(C)C)cccc23)cc(C2CCCCC2)c2ccc3c(N(c4c(C)cccc4C)c4cccc5c4oc4c(-c6ccccc6C(C)C)cccc45)cc(C4CCCCC4)c(C)c3c12. The van der Waals surface area contributed by atoms with Gasteiger partial charge in [0.2, 0.25) is 0 Å². The summed E-state index contributed by atoms with van der Waals surface area (Å²) in [5.74, 6) is 1.48. The molecule has 0 amide bonds. The molecule has 454 valence electrons. The van der Waals surface area contributed by atoms with Crippen molar-refractivity contribution in [2.75, 3.05) is 9.80 Å². The van der Waals surface area contributed by atoms with Gasteiger partial charge < -0.3 is 18.6 Å². The summed E-state index contributed by atoms with van der Waals surface area (Å²) in [7, 11) is 0. The minimum atomic E-state index is 0.344. The van der Waals surface area contributed by atoms with Gasteiger partial charge in [-0.2, -0.15) is 0 Å². The van der Waals surface area contributed by atoms with Crippen molar-refractivity contribution in [1.29, 1.82) is 0 Å². The highest BCUT2D eigenvalue weighted by Gasteiger charge is 2.33. The molecule has 0 bridgehead atoms. The monoisotopic (exact) mass is 1190 g/mol. The molecule has 0 unspecified atom stereocenters. The van der Waals surface area contributed by atoms with Crippen LogP contribution in [0.2, 0.25) is 0 Å². The Balaban J connectivity index is 1.07. The first-order valence-corrected chi connectivity index (χ1v) is 33.9. The van der Waals surface area contributed by atoms with Crippen molar-refractivity contribution in [3.05, 3.63) is 244 Å². The third kappa shape index (κ3) is 9.69. The van der Waals surface area contributed by atoms with Gasteiger partial charge in [-0.25, -0.2) is 0 Å². The van der Waals surface area contributed by atoms with Gasteiger partial charge in [0, 0.05) is 43.6 Å². The number of rotatable bonds is 13. The van der Waals surface area contributed by atoms with E-state index < -0.39 is 0 Å². The molecule has 11 aromatic carbocycles. The fourth-order valence-corrected chi connectivity index (χ4v) is 16.7. The van der Waals surface area contributed by atoms with E-state index in [2.05, 4.69) is 260 Å². The molecule has 2 fully saturated rings. The zero-order valence-corrected chi connectivity index (χ0v) is 54.7. The summed E-state index contributed by atoms with van der Waals surface area (Å²) < 4.78 is 15.1. The summed E-state index contributed by atoms with van der Waals surface area (Å²) in [5.41, 5.74) is 27.8. The molecular weight excluding hydrogens is 1100 g/mol. The highest BCUT2D eigenvalue weighted by atomic mass is 16.3. The van der Waals surface area contributed by atoms with Crippen molar-refractivity contribution in [1.82, 2.24) is 0 Å². The molecule has 0 N–H and O–H groups in total. The van der Waals surface area contributed by atoms with Crippen LogP contribution in [-0.2, 0) is 0 Å². The Hall–Kier alpha value is -9.12. The van der Waals surface area contributed by atoms with Gasteiger partial charge in [0.05, 0.1) is 34.1 Å². The number of hydrogen-bond donors (Lipinski definition) is 0. The summed E-state index contributed by atoms with van der Waals surface area (Å²) in [5, 5.41) is 9.59. The summed E-state index contributed by atoms with van der Waals surface area (Å²) in [6.07, 6.45) is 14.3. The van der Waals surface area contributed by atoms with Crippen LogP contribution in [0.15, 0.2) is 197 Å². The van der Waals surface area contributed by atoms with Gasteiger partial charge in [-0.15, -0.1) is 0 Å². The second kappa shape index (κ2) is 23.6. The van der Waals surface area contributed by atoms with E-state index >= 15 is 0 Å². The van der Waals surface area contributed by atoms with Crippen molar-refractivity contribution in [2.45, 2.75) is 150 Å². The normalized spacial score (nSPS) is 14.4. The van der Waals surface area contributed by atoms with Crippen LogP contribution in [0.1, 0.15) is 171 Å². The van der Waals surface area contributed by atoms with Gasteiger partial charge in [-0.05, 0) is 186 Å². The van der Waals surface area contributed by atoms with Gasteiger partial charge >= 0.3 is 0 Å². The van der Waals surface area contributed by atoms with Gasteiger partial charge in [0.25, 0.3) is 0 Å². The first-order valence-electron chi connectivity index (χ1n) is 33.9. The predicted octanol–water partition coefficient (Wildman–Crippen LogP) is 26.6. The van der Waals surface area contributed by atoms with Gasteiger partial charge in [0.1, 0.15) is 11.2 Å². The van der Waals surface area contributed by atoms with E-state index in [9.17, 15) is 0 Å². The van der Waals surface area contributed by atoms with Gasteiger partial charge in [-0.3, -0.25) is 0 Å². The number of hydrogen-bond acceptors (Lipinski definition) is 4. The Labute approximate surface area is 537 Å². The molecule has 2 heterocycles. The number of benzene rings is 11. The van der Waals surface area contributed by atoms with Crippen molar-refractivity contribution in [2.24, 2.45) is 0 Å². The Kier molecular flexibility index (Phi) is 15.1. The van der Waals surface area contributed by atoms with Crippen molar-refractivity contribution >= 4 is 106 Å². The van der Waals surface area contributed by atoms with Crippen LogP contribution in [0, 0.1) is 34.6 Å². The zero-order valence-electron chi connectivity index (χ0n) is 54.7. The molecular formula is C87H84N2O2. The molecule has 0 saturated heterocycles. The Morgan fingerprint density at radius 2 is 0.769 bits per heavy atom. The Morgan fingerprint density at radius 1 is 0.374 bits per heavy atom. The zero-order chi connectivity index (χ0) is 62.3. The first kappa shape index (κ1) is 58.3. The Morgan fingerprint density at radius 3 is 1.24 bits per heavy atom. The lowest BCUT2D eigenvalue weighted by molar-refractivity contribution is 0.443. The molecule has 0 radical (unpaired) electrons. The van der Waals surface area contributed by atoms with Crippen LogP contribution in [0.4, 0.5) is 34.1 Å². The summed E-state index contributed by atoms with van der Waals surface area (Å²) in [4.78, 5) is 5.19. The standard InChI is InChI=1S/C87H84N2O2/c1-11-61-78(88(82-54(6)28-22-29-55(82)7)76-46-26-44-71-69-42-24-40-67(84(69)90-86(71)76)64-38-20-18-36-62(64)52(2)3)51-75(60-34-16-13-17-35-60)66-48-49-73-79(50-74(58(10)80(73)81(61)66)59-32-14-12-15-33-59)89(83-56(8)30-23-31-57(83)9)77-47-27-45-72-70-43-25-41-68(85(70)91-87(72)77)65-39-21-19-37-63(65)53(4)5/h11,18-31,36-53,59-60H,1,12-17,32-35H2,2-10H3. The van der Waals surface area contributed by atoms with E-state index in [1.807, 2.05) is 0 Å². The van der Waals surface area contributed by atoms with E-state index in [0.717, 1.165) is 96.2 Å². The van der Waals surface area contributed by atoms with E-state index in [1.54, 1.807) is 0 Å². The van der Waals surface area contributed by atoms with Gasteiger partial charge in [-0.1, -0.05) is 237 Å². The lowest BCUT2D eigenvalue weighted by Gasteiger charge is -2.34. The smallest absolute Gasteiger partial charge is 0.159 e. The average Bonchev–Trinajstić information content (AvgIpc) is 1.47. The number of nitrogens with zero attached hydrogens (tertiary/aromatic N) is 2. The molecule has 2 aliphatic carbocycles. The molecule has 0 atom stereocenters. The highest BCUT2D eigenvalue weighted by molar-refractivity contribution is 6.22. The summed E-state index contributed by atoms with van der Waals surface area (Å²) in [6, 6.07) is 68.6. The van der Waals surface area contributed by atoms with Crippen LogP contribution in [0.5, 0.6) is 0 Å². The van der Waals surface area contributed by atoms with E-state index in [1.165, 1.54) is 145 Å². The molecule has 13 aromatic rings. The number of anilines is 6. The molecule has 2 aliphatic rings. The van der Waals surface area contributed by atoms with Crippen LogP contribution in [-0.4, -0.2) is 0 Å². The second-order valence-electron chi connectivity index (χ2n) is 27.3. The number of furan rings is 2. The number of fused-ring (bicyclic) bond motifs is 9. The number of para-hydroxylation sites is 6. The quantitative estimate of drug-likeness (QED) is 0.108. The van der Waals surface area contributed by atoms with Crippen molar-refractivity contribution in [3.63, 3.8) is 0 Å². The Bertz CT molecular complexity index is 4970. The third-order valence-corrected chi connectivity index (χ3v) is 21.1. The highest BCUT2D eigenvalue weighted by Crippen LogP contribution is 2.55. The summed E-state index contributed by atoms with van der Waals surface area (Å²) in [6.45, 7) is 25.7.